The van der Waals surface area contributed by atoms with Crippen LogP contribution in [0.1, 0.15) is 31.2 Å². The van der Waals surface area contributed by atoms with Gasteiger partial charge in [0.15, 0.2) is 0 Å². The normalized spacial score (nSPS) is 16.2. The number of carboxylic acids is 1. The Labute approximate surface area is 110 Å². The van der Waals surface area contributed by atoms with Crippen LogP contribution in [0.2, 0.25) is 0 Å². The SMILES string of the molecule is O=C(O)CN(Cc1cc(F)ccc1F)C1CCCC1. The van der Waals surface area contributed by atoms with Crippen LogP contribution in [0.4, 0.5) is 8.78 Å². The minimum atomic E-state index is -0.941. The van der Waals surface area contributed by atoms with Crippen molar-refractivity contribution in [3.8, 4) is 0 Å². The van der Waals surface area contributed by atoms with Gasteiger partial charge in [0, 0.05) is 18.2 Å². The van der Waals surface area contributed by atoms with Crippen molar-refractivity contribution in [3.05, 3.63) is 35.4 Å². The van der Waals surface area contributed by atoms with Gasteiger partial charge in [0.2, 0.25) is 0 Å². The summed E-state index contributed by atoms with van der Waals surface area (Å²) in [7, 11) is 0. The lowest BCUT2D eigenvalue weighted by atomic mass is 10.1. The number of carboxylic acid groups (broad SMARTS) is 1. The fraction of sp³-hybridized carbons (Fsp3) is 0.500. The van der Waals surface area contributed by atoms with Gasteiger partial charge in [-0.1, -0.05) is 12.8 Å². The smallest absolute Gasteiger partial charge is 0.317 e. The van der Waals surface area contributed by atoms with Gasteiger partial charge in [0.05, 0.1) is 6.54 Å². The highest BCUT2D eigenvalue weighted by molar-refractivity contribution is 5.69. The number of carbonyl (C=O) groups is 1. The molecule has 0 radical (unpaired) electrons. The maximum atomic E-state index is 13.6. The van der Waals surface area contributed by atoms with Gasteiger partial charge in [0.25, 0.3) is 0 Å². The van der Waals surface area contributed by atoms with Crippen LogP contribution in [-0.4, -0.2) is 28.6 Å². The Morgan fingerprint density at radius 3 is 2.63 bits per heavy atom. The fourth-order valence-electron chi connectivity index (χ4n) is 2.64. The van der Waals surface area contributed by atoms with Gasteiger partial charge in [-0.25, -0.2) is 8.78 Å². The lowest BCUT2D eigenvalue weighted by Gasteiger charge is -2.27. The van der Waals surface area contributed by atoms with Crippen molar-refractivity contribution in [1.82, 2.24) is 4.90 Å². The molecule has 1 aliphatic rings. The Hall–Kier alpha value is -1.49. The van der Waals surface area contributed by atoms with Crippen LogP contribution < -0.4 is 0 Å². The molecule has 1 N–H and O–H groups in total. The number of benzene rings is 1. The van der Waals surface area contributed by atoms with Crippen LogP contribution in [-0.2, 0) is 11.3 Å². The summed E-state index contributed by atoms with van der Waals surface area (Å²) in [6, 6.07) is 3.44. The molecular weight excluding hydrogens is 252 g/mol. The van der Waals surface area contributed by atoms with E-state index in [9.17, 15) is 13.6 Å². The standard InChI is InChI=1S/C14H17F2NO2/c15-11-5-6-13(16)10(7-11)8-17(9-14(18)19)12-3-1-2-4-12/h5-7,12H,1-4,8-9H2,(H,18,19). The number of aliphatic carboxylic acids is 1. The molecule has 2 rings (SSSR count). The first-order valence-corrected chi connectivity index (χ1v) is 6.46. The number of hydrogen-bond donors (Lipinski definition) is 1. The van der Waals surface area contributed by atoms with Crippen molar-refractivity contribution in [2.75, 3.05) is 6.54 Å². The highest BCUT2D eigenvalue weighted by atomic mass is 19.1. The molecule has 3 nitrogen and oxygen atoms in total. The highest BCUT2D eigenvalue weighted by Gasteiger charge is 2.25. The summed E-state index contributed by atoms with van der Waals surface area (Å²) in [5, 5.41) is 8.94. The molecule has 0 bridgehead atoms. The molecule has 0 heterocycles. The first kappa shape index (κ1) is 13.9. The van der Waals surface area contributed by atoms with Gasteiger partial charge in [-0.3, -0.25) is 9.69 Å². The van der Waals surface area contributed by atoms with E-state index in [0.29, 0.717) is 0 Å². The highest BCUT2D eigenvalue weighted by Crippen LogP contribution is 2.25. The minimum Gasteiger partial charge on any atom is -0.480 e. The van der Waals surface area contributed by atoms with Crippen LogP contribution in [0, 0.1) is 11.6 Å². The summed E-state index contributed by atoms with van der Waals surface area (Å²) >= 11 is 0. The van der Waals surface area contributed by atoms with Crippen LogP contribution in [0.25, 0.3) is 0 Å². The van der Waals surface area contributed by atoms with Crippen LogP contribution in [0.5, 0.6) is 0 Å². The average molecular weight is 269 g/mol. The molecule has 1 fully saturated rings. The summed E-state index contributed by atoms with van der Waals surface area (Å²) in [5.74, 6) is -1.93. The number of halogens is 2. The van der Waals surface area contributed by atoms with Gasteiger partial charge >= 0.3 is 5.97 Å². The number of rotatable bonds is 5. The van der Waals surface area contributed by atoms with E-state index >= 15 is 0 Å². The predicted octanol–water partition coefficient (Wildman–Crippen LogP) is 2.79. The first-order valence-electron chi connectivity index (χ1n) is 6.46. The van der Waals surface area contributed by atoms with Gasteiger partial charge in [0.1, 0.15) is 11.6 Å². The Kier molecular flexibility index (Phi) is 4.47. The Morgan fingerprint density at radius 2 is 2.00 bits per heavy atom. The third-order valence-electron chi connectivity index (χ3n) is 3.56. The summed E-state index contributed by atoms with van der Waals surface area (Å²) in [4.78, 5) is 12.6. The Balaban J connectivity index is 2.14. The molecular formula is C14H17F2NO2. The monoisotopic (exact) mass is 269 g/mol. The van der Waals surface area contributed by atoms with Crippen molar-refractivity contribution in [3.63, 3.8) is 0 Å². The predicted molar refractivity (Wildman–Crippen MR) is 66.7 cm³/mol. The van der Waals surface area contributed by atoms with Crippen LogP contribution in [0.15, 0.2) is 18.2 Å². The molecule has 0 unspecified atom stereocenters. The van der Waals surface area contributed by atoms with Crippen molar-refractivity contribution in [2.45, 2.75) is 38.3 Å². The summed E-state index contributed by atoms with van der Waals surface area (Å²) < 4.78 is 26.7. The maximum Gasteiger partial charge on any atom is 0.317 e. The Bertz CT molecular complexity index is 459. The molecule has 1 aliphatic carbocycles. The van der Waals surface area contributed by atoms with Crippen molar-refractivity contribution >= 4 is 5.97 Å². The van der Waals surface area contributed by atoms with E-state index < -0.39 is 17.6 Å². The third-order valence-corrected chi connectivity index (χ3v) is 3.56. The molecule has 104 valence electrons. The molecule has 0 aliphatic heterocycles. The molecule has 1 aromatic carbocycles. The van der Waals surface area contributed by atoms with Gasteiger partial charge < -0.3 is 5.11 Å². The largest absolute Gasteiger partial charge is 0.480 e. The molecule has 0 spiro atoms. The minimum absolute atomic E-state index is 0.138. The zero-order valence-electron chi connectivity index (χ0n) is 10.6. The molecule has 0 amide bonds. The quantitative estimate of drug-likeness (QED) is 0.893. The second kappa shape index (κ2) is 6.10. The van der Waals surface area contributed by atoms with Crippen molar-refractivity contribution < 1.29 is 18.7 Å². The van der Waals surface area contributed by atoms with Crippen molar-refractivity contribution in [2.24, 2.45) is 0 Å². The molecule has 0 atom stereocenters. The Morgan fingerprint density at radius 1 is 1.32 bits per heavy atom. The topological polar surface area (TPSA) is 40.5 Å². The van der Waals surface area contributed by atoms with E-state index in [1.807, 2.05) is 0 Å². The number of hydrogen-bond acceptors (Lipinski definition) is 2. The lowest BCUT2D eigenvalue weighted by Crippen LogP contribution is -2.37. The van der Waals surface area contributed by atoms with Gasteiger partial charge in [-0.15, -0.1) is 0 Å². The van der Waals surface area contributed by atoms with Gasteiger partial charge in [-0.2, -0.15) is 0 Å². The van der Waals surface area contributed by atoms with E-state index in [4.69, 9.17) is 5.11 Å². The summed E-state index contributed by atoms with van der Waals surface area (Å²) in [6.07, 6.45) is 3.97. The van der Waals surface area contributed by atoms with E-state index in [1.165, 1.54) is 0 Å². The zero-order chi connectivity index (χ0) is 13.8. The molecule has 19 heavy (non-hydrogen) atoms. The molecule has 0 saturated heterocycles. The average Bonchev–Trinajstić information content (AvgIpc) is 2.86. The van der Waals surface area contributed by atoms with E-state index in [0.717, 1.165) is 43.9 Å². The number of nitrogens with zero attached hydrogens (tertiary/aromatic N) is 1. The third kappa shape index (κ3) is 3.73. The van der Waals surface area contributed by atoms with Crippen LogP contribution in [0.3, 0.4) is 0 Å². The van der Waals surface area contributed by atoms with Crippen molar-refractivity contribution in [1.29, 1.82) is 0 Å². The molecule has 5 heteroatoms. The van der Waals surface area contributed by atoms with Crippen LogP contribution >= 0.6 is 0 Å². The summed E-state index contributed by atoms with van der Waals surface area (Å²) in [6.45, 7) is 0.00117. The first-order chi connectivity index (χ1) is 9.06. The fourth-order valence-corrected chi connectivity index (χ4v) is 2.64. The van der Waals surface area contributed by atoms with E-state index in [1.54, 1.807) is 4.90 Å². The second-order valence-electron chi connectivity index (χ2n) is 4.97. The van der Waals surface area contributed by atoms with Gasteiger partial charge in [-0.05, 0) is 31.0 Å². The summed E-state index contributed by atoms with van der Waals surface area (Å²) in [5.41, 5.74) is 0.216. The maximum absolute atomic E-state index is 13.6. The van der Waals surface area contributed by atoms with E-state index in [-0.39, 0.29) is 24.7 Å². The molecule has 0 aromatic heterocycles. The lowest BCUT2D eigenvalue weighted by molar-refractivity contribution is -0.139. The van der Waals surface area contributed by atoms with E-state index in [2.05, 4.69) is 0 Å². The second-order valence-corrected chi connectivity index (χ2v) is 4.97. The molecule has 1 saturated carbocycles. The zero-order valence-corrected chi connectivity index (χ0v) is 10.6. The molecule has 1 aromatic rings.